The van der Waals surface area contributed by atoms with Crippen LogP contribution >= 0.6 is 0 Å². The van der Waals surface area contributed by atoms with Crippen LogP contribution in [0.4, 0.5) is 13.2 Å². The van der Waals surface area contributed by atoms with E-state index in [2.05, 4.69) is 39.5 Å². The Morgan fingerprint density at radius 3 is 2.62 bits per heavy atom. The quantitative estimate of drug-likeness (QED) is 0.642. The van der Waals surface area contributed by atoms with E-state index < -0.39 is 11.7 Å². The second kappa shape index (κ2) is 7.96. The highest BCUT2D eigenvalue weighted by atomic mass is 19.4. The van der Waals surface area contributed by atoms with Crippen molar-refractivity contribution in [3.05, 3.63) is 82.7 Å². The predicted octanol–water partition coefficient (Wildman–Crippen LogP) is 4.18. The molecule has 4 rings (SSSR count). The molecule has 1 aromatic heterocycles. The van der Waals surface area contributed by atoms with Crippen LogP contribution in [-0.4, -0.2) is 33.0 Å². The SMILES string of the molecule is Cc1ccc(CN2CCOC2c2cn(Cc3cccc(C(F)(F)F)c3)nn2)cc1. The largest absolute Gasteiger partial charge is 0.416 e. The van der Waals surface area contributed by atoms with E-state index in [1.54, 1.807) is 12.3 Å². The Morgan fingerprint density at radius 1 is 1.07 bits per heavy atom. The van der Waals surface area contributed by atoms with Crippen molar-refractivity contribution in [1.29, 1.82) is 0 Å². The number of hydrogen-bond acceptors (Lipinski definition) is 4. The molecule has 2 aromatic carbocycles. The summed E-state index contributed by atoms with van der Waals surface area (Å²) in [6, 6.07) is 13.6. The van der Waals surface area contributed by atoms with Crippen LogP contribution in [0, 0.1) is 6.92 Å². The molecule has 29 heavy (non-hydrogen) atoms. The molecule has 1 fully saturated rings. The van der Waals surface area contributed by atoms with Gasteiger partial charge in [-0.2, -0.15) is 13.2 Å². The molecule has 8 heteroatoms. The molecule has 1 aliphatic rings. The minimum Gasteiger partial charge on any atom is -0.356 e. The van der Waals surface area contributed by atoms with Crippen molar-refractivity contribution in [3.63, 3.8) is 0 Å². The van der Waals surface area contributed by atoms with Gasteiger partial charge in [-0.15, -0.1) is 5.10 Å². The molecule has 0 aliphatic carbocycles. The second-order valence-electron chi connectivity index (χ2n) is 7.22. The van der Waals surface area contributed by atoms with E-state index in [0.717, 1.165) is 25.2 Å². The monoisotopic (exact) mass is 402 g/mol. The van der Waals surface area contributed by atoms with Gasteiger partial charge >= 0.3 is 6.18 Å². The highest BCUT2D eigenvalue weighted by molar-refractivity contribution is 5.26. The number of nitrogens with zero attached hydrogens (tertiary/aromatic N) is 4. The van der Waals surface area contributed by atoms with Crippen LogP contribution in [0.5, 0.6) is 0 Å². The van der Waals surface area contributed by atoms with Crippen LogP contribution in [0.1, 0.15) is 34.2 Å². The first-order valence-electron chi connectivity index (χ1n) is 9.36. The van der Waals surface area contributed by atoms with E-state index in [4.69, 9.17) is 4.74 Å². The topological polar surface area (TPSA) is 43.2 Å². The Hall–Kier alpha value is -2.71. The lowest BCUT2D eigenvalue weighted by Gasteiger charge is -2.21. The molecule has 0 spiro atoms. The third-order valence-electron chi connectivity index (χ3n) is 4.90. The molecule has 3 aromatic rings. The van der Waals surface area contributed by atoms with Crippen molar-refractivity contribution in [3.8, 4) is 0 Å². The fourth-order valence-corrected chi connectivity index (χ4v) is 3.40. The Morgan fingerprint density at radius 2 is 1.86 bits per heavy atom. The van der Waals surface area contributed by atoms with Gasteiger partial charge in [-0.05, 0) is 30.2 Å². The highest BCUT2D eigenvalue weighted by Gasteiger charge is 2.31. The van der Waals surface area contributed by atoms with Crippen LogP contribution < -0.4 is 0 Å². The number of aryl methyl sites for hydroxylation is 1. The first-order chi connectivity index (χ1) is 13.9. The molecule has 0 saturated carbocycles. The normalized spacial score (nSPS) is 17.7. The molecule has 1 unspecified atom stereocenters. The molecule has 0 amide bonds. The fraction of sp³-hybridized carbons (Fsp3) is 0.333. The van der Waals surface area contributed by atoms with Crippen LogP contribution in [0.2, 0.25) is 0 Å². The van der Waals surface area contributed by atoms with Crippen LogP contribution in [0.3, 0.4) is 0 Å². The maximum atomic E-state index is 12.9. The van der Waals surface area contributed by atoms with Gasteiger partial charge in [0.15, 0.2) is 6.23 Å². The van der Waals surface area contributed by atoms with E-state index in [-0.39, 0.29) is 12.8 Å². The van der Waals surface area contributed by atoms with Gasteiger partial charge in [0, 0.05) is 13.1 Å². The van der Waals surface area contributed by atoms with Gasteiger partial charge in [0.1, 0.15) is 5.69 Å². The lowest BCUT2D eigenvalue weighted by atomic mass is 10.1. The zero-order valence-corrected chi connectivity index (χ0v) is 15.9. The van der Waals surface area contributed by atoms with Crippen molar-refractivity contribution in [2.75, 3.05) is 13.2 Å². The van der Waals surface area contributed by atoms with Crippen molar-refractivity contribution in [2.45, 2.75) is 32.4 Å². The number of alkyl halides is 3. The Kier molecular flexibility index (Phi) is 5.38. The summed E-state index contributed by atoms with van der Waals surface area (Å²) < 4.78 is 46.1. The summed E-state index contributed by atoms with van der Waals surface area (Å²) in [6.45, 7) is 4.36. The number of rotatable bonds is 5. The Labute approximate surface area is 166 Å². The molecule has 0 bridgehead atoms. The third kappa shape index (κ3) is 4.65. The Bertz CT molecular complexity index is 969. The molecule has 0 N–H and O–H groups in total. The molecule has 1 saturated heterocycles. The average Bonchev–Trinajstić information content (AvgIpc) is 3.32. The standard InChI is InChI=1S/C21H21F3N4O/c1-15-5-7-16(8-6-15)12-27-9-10-29-20(27)19-14-28(26-25-19)13-17-3-2-4-18(11-17)21(22,23)24/h2-8,11,14,20H,9-10,12-13H2,1H3. The molecule has 0 radical (unpaired) electrons. The summed E-state index contributed by atoms with van der Waals surface area (Å²) in [5, 5.41) is 8.28. The van der Waals surface area contributed by atoms with E-state index in [0.29, 0.717) is 17.9 Å². The van der Waals surface area contributed by atoms with Gasteiger partial charge in [0.25, 0.3) is 0 Å². The predicted molar refractivity (Wildman–Crippen MR) is 101 cm³/mol. The number of aromatic nitrogens is 3. The van der Waals surface area contributed by atoms with E-state index in [1.807, 2.05) is 6.92 Å². The molecule has 1 aliphatic heterocycles. The smallest absolute Gasteiger partial charge is 0.356 e. The van der Waals surface area contributed by atoms with Gasteiger partial charge in [0.05, 0.1) is 24.9 Å². The van der Waals surface area contributed by atoms with Crippen molar-refractivity contribution in [2.24, 2.45) is 0 Å². The highest BCUT2D eigenvalue weighted by Crippen LogP contribution is 2.30. The van der Waals surface area contributed by atoms with E-state index in [9.17, 15) is 13.2 Å². The lowest BCUT2D eigenvalue weighted by molar-refractivity contribution is -0.137. The summed E-state index contributed by atoms with van der Waals surface area (Å²) in [4.78, 5) is 2.17. The number of halogens is 3. The molecule has 5 nitrogen and oxygen atoms in total. The molecule has 152 valence electrons. The van der Waals surface area contributed by atoms with Crippen molar-refractivity contribution in [1.82, 2.24) is 19.9 Å². The van der Waals surface area contributed by atoms with Gasteiger partial charge in [-0.1, -0.05) is 47.2 Å². The number of ether oxygens (including phenoxy) is 1. The Balaban J connectivity index is 1.46. The minimum absolute atomic E-state index is 0.210. The fourth-order valence-electron chi connectivity index (χ4n) is 3.40. The molecule has 2 heterocycles. The third-order valence-corrected chi connectivity index (χ3v) is 4.90. The van der Waals surface area contributed by atoms with Crippen molar-refractivity contribution < 1.29 is 17.9 Å². The van der Waals surface area contributed by atoms with E-state index in [1.165, 1.54) is 21.9 Å². The number of benzene rings is 2. The van der Waals surface area contributed by atoms with E-state index >= 15 is 0 Å². The van der Waals surface area contributed by atoms with Crippen molar-refractivity contribution >= 4 is 0 Å². The molecular weight excluding hydrogens is 381 g/mol. The summed E-state index contributed by atoms with van der Waals surface area (Å²) in [5.74, 6) is 0. The van der Waals surface area contributed by atoms with Gasteiger partial charge < -0.3 is 4.74 Å². The summed E-state index contributed by atoms with van der Waals surface area (Å²) in [6.07, 6.45) is -2.94. The number of hydrogen-bond donors (Lipinski definition) is 0. The molecule has 1 atom stereocenters. The average molecular weight is 402 g/mol. The van der Waals surface area contributed by atoms with Crippen LogP contribution in [0.15, 0.2) is 54.7 Å². The van der Waals surface area contributed by atoms with Gasteiger partial charge in [-0.25, -0.2) is 4.68 Å². The lowest BCUT2D eigenvalue weighted by Crippen LogP contribution is -2.23. The van der Waals surface area contributed by atoms with Crippen LogP contribution in [-0.2, 0) is 24.0 Å². The second-order valence-corrected chi connectivity index (χ2v) is 7.22. The zero-order chi connectivity index (χ0) is 20.4. The maximum Gasteiger partial charge on any atom is 0.416 e. The zero-order valence-electron chi connectivity index (χ0n) is 15.9. The molecular formula is C21H21F3N4O. The first-order valence-corrected chi connectivity index (χ1v) is 9.36. The summed E-state index contributed by atoms with van der Waals surface area (Å²) in [7, 11) is 0. The van der Waals surface area contributed by atoms with Gasteiger partial charge in [-0.3, -0.25) is 4.90 Å². The maximum absolute atomic E-state index is 12.9. The van der Waals surface area contributed by atoms with Crippen LogP contribution in [0.25, 0.3) is 0 Å². The summed E-state index contributed by atoms with van der Waals surface area (Å²) in [5.41, 5.74) is 2.89. The minimum atomic E-state index is -4.36. The first kappa shape index (κ1) is 19.6. The summed E-state index contributed by atoms with van der Waals surface area (Å²) >= 11 is 0. The van der Waals surface area contributed by atoms with Gasteiger partial charge in [0.2, 0.25) is 0 Å².